The molecule has 2 aliphatic heterocycles. The van der Waals surface area contributed by atoms with Crippen molar-refractivity contribution in [3.63, 3.8) is 0 Å². The van der Waals surface area contributed by atoms with Crippen molar-refractivity contribution in [2.45, 2.75) is 25.7 Å². The number of nitrogens with two attached hydrogens (primary N) is 1. The molecular weight excluding hydrogens is 553 g/mol. The van der Waals surface area contributed by atoms with Gasteiger partial charge in [0, 0.05) is 17.2 Å². The van der Waals surface area contributed by atoms with Gasteiger partial charge in [-0.15, -0.1) is 6.42 Å². The van der Waals surface area contributed by atoms with E-state index in [9.17, 15) is 23.6 Å². The van der Waals surface area contributed by atoms with E-state index in [4.69, 9.17) is 28.5 Å². The number of aromatic nitrogens is 2. The first kappa shape index (κ1) is 27.6. The Hall–Kier alpha value is -4.95. The van der Waals surface area contributed by atoms with Gasteiger partial charge < -0.3 is 10.5 Å². The van der Waals surface area contributed by atoms with E-state index < -0.39 is 23.2 Å². The Morgan fingerprint density at radius 2 is 1.68 bits per heavy atom. The second kappa shape index (κ2) is 11.3. The molecule has 3 aromatic rings. The van der Waals surface area contributed by atoms with Crippen LogP contribution in [0.3, 0.4) is 0 Å². The van der Waals surface area contributed by atoms with Gasteiger partial charge in [-0.2, -0.15) is 9.78 Å². The van der Waals surface area contributed by atoms with E-state index in [0.717, 1.165) is 23.8 Å². The lowest BCUT2D eigenvalue weighted by atomic mass is 9.93. The molecule has 3 heterocycles. The Morgan fingerprint density at radius 1 is 1.02 bits per heavy atom. The van der Waals surface area contributed by atoms with Crippen LogP contribution in [0.15, 0.2) is 64.6 Å². The van der Waals surface area contributed by atoms with Crippen molar-refractivity contribution in [2.24, 2.45) is 0 Å². The maximum absolute atomic E-state index is 14.7. The van der Waals surface area contributed by atoms with Crippen molar-refractivity contribution >= 4 is 46.4 Å². The highest BCUT2D eigenvalue weighted by molar-refractivity contribution is 6.33. The zero-order chi connectivity index (χ0) is 29.3. The van der Waals surface area contributed by atoms with Crippen LogP contribution in [0.1, 0.15) is 25.7 Å². The first-order valence-electron chi connectivity index (χ1n) is 12.6. The number of para-hydroxylation sites is 1. The average Bonchev–Trinajstić information content (AvgIpc) is 3.23. The molecule has 3 amide bonds. The fraction of sp³-hybridized carbons (Fsp3) is 0.207. The van der Waals surface area contributed by atoms with E-state index in [1.807, 2.05) is 18.2 Å². The number of nitrogen functional groups attached to an aromatic ring is 1. The fourth-order valence-electron chi connectivity index (χ4n) is 4.80. The van der Waals surface area contributed by atoms with E-state index in [1.54, 1.807) is 12.1 Å². The quantitative estimate of drug-likeness (QED) is 0.374. The Kier molecular flexibility index (Phi) is 7.59. The summed E-state index contributed by atoms with van der Waals surface area (Å²) >= 11 is 5.73. The van der Waals surface area contributed by atoms with Crippen molar-refractivity contribution in [2.75, 3.05) is 28.7 Å². The van der Waals surface area contributed by atoms with Crippen molar-refractivity contribution in [3.05, 3.63) is 81.0 Å². The van der Waals surface area contributed by atoms with Crippen LogP contribution in [0.2, 0.25) is 5.02 Å². The predicted molar refractivity (Wildman–Crippen MR) is 150 cm³/mol. The summed E-state index contributed by atoms with van der Waals surface area (Å²) in [4.78, 5) is 51.2. The number of anilines is 3. The molecule has 10 nitrogen and oxygen atoms in total. The lowest BCUT2D eigenvalue weighted by Gasteiger charge is -2.29. The van der Waals surface area contributed by atoms with Gasteiger partial charge in [0.1, 0.15) is 10.8 Å². The number of imide groups is 1. The number of terminal acetylenes is 1. The number of benzene rings is 2. The summed E-state index contributed by atoms with van der Waals surface area (Å²) in [5, 5.41) is 3.90. The van der Waals surface area contributed by atoms with Gasteiger partial charge in [-0.1, -0.05) is 35.7 Å². The van der Waals surface area contributed by atoms with Crippen LogP contribution in [-0.2, 0) is 14.4 Å². The summed E-state index contributed by atoms with van der Waals surface area (Å²) in [7, 11) is 0. The van der Waals surface area contributed by atoms with Crippen LogP contribution in [0, 0.1) is 18.2 Å². The third-order valence-electron chi connectivity index (χ3n) is 6.80. The van der Waals surface area contributed by atoms with Crippen molar-refractivity contribution in [1.82, 2.24) is 9.78 Å². The summed E-state index contributed by atoms with van der Waals surface area (Å²) in [6.45, 7) is -0.262. The smallest absolute Gasteiger partial charge is 0.292 e. The summed E-state index contributed by atoms with van der Waals surface area (Å²) in [5.74, 6) is 0.406. The Morgan fingerprint density at radius 3 is 2.32 bits per heavy atom. The van der Waals surface area contributed by atoms with Gasteiger partial charge in [0.15, 0.2) is 12.4 Å². The molecule has 0 bridgehead atoms. The molecule has 1 aliphatic carbocycles. The second-order valence-electron chi connectivity index (χ2n) is 9.32. The highest BCUT2D eigenvalue weighted by Gasteiger charge is 2.41. The normalized spacial score (nSPS) is 16.0. The molecule has 0 radical (unpaired) electrons. The number of hydrogen-bond acceptors (Lipinski definition) is 7. The Balaban J connectivity index is 0.000000191. The lowest BCUT2D eigenvalue weighted by molar-refractivity contribution is -0.121. The first-order chi connectivity index (χ1) is 19.7. The van der Waals surface area contributed by atoms with Gasteiger partial charge in [0.05, 0.1) is 35.5 Å². The highest BCUT2D eigenvalue weighted by atomic mass is 35.5. The molecule has 0 fully saturated rings. The fourth-order valence-corrected chi connectivity index (χ4v) is 4.93. The number of nitrogens with zero attached hydrogens (tertiary/aromatic N) is 4. The summed E-state index contributed by atoms with van der Waals surface area (Å²) < 4.78 is 21.1. The number of carbonyl (C=O) groups excluding carboxylic acids is 3. The summed E-state index contributed by atoms with van der Waals surface area (Å²) in [6.07, 6.45) is 9.37. The van der Waals surface area contributed by atoms with E-state index in [1.165, 1.54) is 21.8 Å². The molecule has 3 aliphatic rings. The number of amides is 3. The third kappa shape index (κ3) is 5.05. The standard InChI is InChI=1S/C19H15FN2O4.C10H8ClN3O/c1-2-7-21-15-9-14(13(20)8-16(15)26-10-17(21)23)22-18(24)11-5-3-4-6-12(11)19(22)25;11-9-8(12)6-13-14(10(9)15)7-4-2-1-3-5-7/h1,8-9H,3-7,10H2;1-6H,12H2. The molecule has 12 heteroatoms. The largest absolute Gasteiger partial charge is 0.481 e. The SMILES string of the molecule is C#CCN1C(=O)COc2cc(F)c(N3C(=O)C4=C(CCCC4)C3=O)cc21.Nc1cnn(-c2ccccc2)c(=O)c1Cl. The van der Waals surface area contributed by atoms with Crippen LogP contribution >= 0.6 is 11.6 Å². The minimum atomic E-state index is -0.764. The van der Waals surface area contributed by atoms with Crippen LogP contribution in [-0.4, -0.2) is 40.7 Å². The van der Waals surface area contributed by atoms with Gasteiger partial charge in [0.2, 0.25) is 0 Å². The van der Waals surface area contributed by atoms with E-state index in [0.29, 0.717) is 29.7 Å². The Labute approximate surface area is 238 Å². The lowest BCUT2D eigenvalue weighted by Crippen LogP contribution is -2.39. The minimum absolute atomic E-state index is 0.00569. The number of fused-ring (bicyclic) bond motifs is 1. The van der Waals surface area contributed by atoms with Crippen LogP contribution in [0.5, 0.6) is 5.75 Å². The van der Waals surface area contributed by atoms with E-state index in [-0.39, 0.29) is 46.9 Å². The molecule has 0 saturated heterocycles. The molecule has 0 atom stereocenters. The number of halogens is 2. The maximum Gasteiger partial charge on any atom is 0.292 e. The van der Waals surface area contributed by atoms with Crippen LogP contribution < -0.4 is 25.8 Å². The molecule has 1 aromatic heterocycles. The van der Waals surface area contributed by atoms with Crippen molar-refractivity contribution < 1.29 is 23.5 Å². The molecule has 2 aromatic carbocycles. The zero-order valence-corrected chi connectivity index (χ0v) is 22.4. The second-order valence-corrected chi connectivity index (χ2v) is 9.70. The van der Waals surface area contributed by atoms with E-state index in [2.05, 4.69) is 11.0 Å². The molecular formula is C29H23ClFN5O5. The Bertz CT molecular complexity index is 1680. The molecule has 208 valence electrons. The summed E-state index contributed by atoms with van der Waals surface area (Å²) in [6, 6.07) is 11.4. The highest BCUT2D eigenvalue weighted by Crippen LogP contribution is 2.41. The number of carbonyl (C=O) groups is 3. The van der Waals surface area contributed by atoms with Gasteiger partial charge in [-0.3, -0.25) is 24.1 Å². The monoisotopic (exact) mass is 575 g/mol. The van der Waals surface area contributed by atoms with Crippen molar-refractivity contribution in [3.8, 4) is 23.8 Å². The maximum atomic E-state index is 14.7. The number of rotatable bonds is 3. The minimum Gasteiger partial charge on any atom is -0.481 e. The van der Waals surface area contributed by atoms with Gasteiger partial charge in [-0.25, -0.2) is 9.29 Å². The molecule has 0 saturated carbocycles. The number of hydrogen-bond donors (Lipinski definition) is 1. The predicted octanol–water partition coefficient (Wildman–Crippen LogP) is 3.40. The molecule has 6 rings (SSSR count). The van der Waals surface area contributed by atoms with Crippen molar-refractivity contribution in [1.29, 1.82) is 0 Å². The van der Waals surface area contributed by atoms with E-state index >= 15 is 0 Å². The molecule has 0 unspecified atom stereocenters. The molecule has 2 N–H and O–H groups in total. The first-order valence-corrected chi connectivity index (χ1v) is 13.0. The van der Waals surface area contributed by atoms with Crippen LogP contribution in [0.25, 0.3) is 5.69 Å². The zero-order valence-electron chi connectivity index (χ0n) is 21.6. The average molecular weight is 576 g/mol. The number of ether oxygens (including phenoxy) is 1. The van der Waals surface area contributed by atoms with Gasteiger partial charge in [0.25, 0.3) is 23.3 Å². The van der Waals surface area contributed by atoms with Gasteiger partial charge in [-0.05, 0) is 43.9 Å². The third-order valence-corrected chi connectivity index (χ3v) is 7.18. The van der Waals surface area contributed by atoms with Gasteiger partial charge >= 0.3 is 0 Å². The van der Waals surface area contributed by atoms with Crippen LogP contribution in [0.4, 0.5) is 21.5 Å². The molecule has 0 spiro atoms. The topological polar surface area (TPSA) is 128 Å². The molecule has 41 heavy (non-hydrogen) atoms. The summed E-state index contributed by atoms with van der Waals surface area (Å²) in [5.41, 5.74) is 6.88.